The number of hydrogen-bond acceptors (Lipinski definition) is 0. The molecule has 0 spiro atoms. The van der Waals surface area contributed by atoms with Gasteiger partial charge in [-0.05, 0) is 47.7 Å². The average Bonchev–Trinajstić information content (AvgIpc) is 2.82. The van der Waals surface area contributed by atoms with E-state index in [0.29, 0.717) is 0 Å². The molecule has 1 fully saturated rings. The lowest BCUT2D eigenvalue weighted by molar-refractivity contribution is 0.697. The number of aryl methyl sites for hydroxylation is 1. The van der Waals surface area contributed by atoms with E-state index in [1.807, 2.05) is 0 Å². The third-order valence-corrected chi connectivity index (χ3v) is 6.81. The van der Waals surface area contributed by atoms with Crippen LogP contribution < -0.4 is 0 Å². The Balaban J connectivity index is 1.76. The van der Waals surface area contributed by atoms with Crippen molar-refractivity contribution in [2.45, 2.75) is 37.4 Å². The monoisotopic (exact) mass is 219 g/mol. The Kier molecular flexibility index (Phi) is 2.74. The van der Waals surface area contributed by atoms with E-state index in [1.54, 1.807) is 11.1 Å². The summed E-state index contributed by atoms with van der Waals surface area (Å²) in [6, 6.07) is 9.07. The summed E-state index contributed by atoms with van der Waals surface area (Å²) < 4.78 is 0. The van der Waals surface area contributed by atoms with E-state index < -0.39 is 0 Å². The maximum absolute atomic E-state index is 2.35. The smallest absolute Gasteiger partial charge is 0.0620 e. The predicted octanol–water partition coefficient (Wildman–Crippen LogP) is 2.96. The summed E-state index contributed by atoms with van der Waals surface area (Å²) in [5.41, 5.74) is 3.27. The Morgan fingerprint density at radius 2 is 1.73 bits per heavy atom. The van der Waals surface area contributed by atoms with Crippen molar-refractivity contribution in [1.82, 2.24) is 0 Å². The molecule has 0 amide bonds. The van der Waals surface area contributed by atoms with Gasteiger partial charge in [0.1, 0.15) is 16.8 Å². The Bertz CT molecular complexity index is 339. The van der Waals surface area contributed by atoms with E-state index in [2.05, 4.69) is 24.3 Å². The molecule has 2 aliphatic rings. The highest BCUT2D eigenvalue weighted by molar-refractivity contribution is 7.97. The first-order chi connectivity index (χ1) is 7.43. The fourth-order valence-corrected chi connectivity index (χ4v) is 5.85. The van der Waals surface area contributed by atoms with Crippen molar-refractivity contribution in [1.29, 1.82) is 0 Å². The summed E-state index contributed by atoms with van der Waals surface area (Å²) in [6.45, 7) is 0. The minimum atomic E-state index is 0.779. The molecule has 1 aromatic carbocycles. The Morgan fingerprint density at radius 1 is 1.00 bits per heavy atom. The van der Waals surface area contributed by atoms with Gasteiger partial charge in [0, 0.05) is 6.42 Å². The van der Waals surface area contributed by atoms with Crippen LogP contribution >= 0.6 is 0 Å². The molecule has 1 unspecified atom stereocenters. The van der Waals surface area contributed by atoms with Crippen LogP contribution in [0.15, 0.2) is 24.3 Å². The molecule has 0 bridgehead atoms. The van der Waals surface area contributed by atoms with Crippen LogP contribution in [0.2, 0.25) is 0 Å². The molecule has 80 valence electrons. The molecule has 1 saturated heterocycles. The quantitative estimate of drug-likeness (QED) is 0.637. The van der Waals surface area contributed by atoms with Crippen molar-refractivity contribution in [2.24, 2.45) is 0 Å². The molecule has 0 saturated carbocycles. The minimum absolute atomic E-state index is 0.779. The summed E-state index contributed by atoms with van der Waals surface area (Å²) >= 11 is 0. The molecule has 1 aliphatic carbocycles. The van der Waals surface area contributed by atoms with E-state index in [0.717, 1.165) is 16.1 Å². The molecular formula is C14H19S+. The molecular weight excluding hydrogens is 200 g/mol. The van der Waals surface area contributed by atoms with Gasteiger partial charge in [0.15, 0.2) is 0 Å². The van der Waals surface area contributed by atoms with Gasteiger partial charge in [-0.25, -0.2) is 0 Å². The zero-order valence-corrected chi connectivity index (χ0v) is 10.1. The van der Waals surface area contributed by atoms with Crippen LogP contribution in [0.3, 0.4) is 0 Å². The predicted molar refractivity (Wildman–Crippen MR) is 68.6 cm³/mol. The standard InChI is InChI=1S/C14H19S/c1-2-6-13-11-14(8-7-12(13)5-1)15-9-3-4-10-15/h1-2,5-6,14H,3-4,7-11H2/q+1. The highest BCUT2D eigenvalue weighted by Crippen LogP contribution is 2.30. The van der Waals surface area contributed by atoms with Crippen LogP contribution in [0.1, 0.15) is 30.4 Å². The van der Waals surface area contributed by atoms with E-state index in [9.17, 15) is 0 Å². The lowest BCUT2D eigenvalue weighted by atomic mass is 9.91. The van der Waals surface area contributed by atoms with Gasteiger partial charge < -0.3 is 0 Å². The summed E-state index contributed by atoms with van der Waals surface area (Å²) in [7, 11) is 0.779. The SMILES string of the molecule is c1ccc2c(c1)CCC([S+]1CCCC1)C2. The van der Waals surface area contributed by atoms with Gasteiger partial charge in [-0.2, -0.15) is 0 Å². The first kappa shape index (κ1) is 9.77. The molecule has 0 radical (unpaired) electrons. The Labute approximate surface area is 95.4 Å². The fourth-order valence-electron chi connectivity index (χ4n) is 2.96. The zero-order valence-electron chi connectivity index (χ0n) is 9.24. The second-order valence-electron chi connectivity index (χ2n) is 4.79. The molecule has 1 atom stereocenters. The van der Waals surface area contributed by atoms with E-state index in [4.69, 9.17) is 0 Å². The normalized spacial score (nSPS) is 26.5. The largest absolute Gasteiger partial charge is 0.122 e. The summed E-state index contributed by atoms with van der Waals surface area (Å²) in [4.78, 5) is 0. The number of benzene rings is 1. The van der Waals surface area contributed by atoms with Crippen molar-refractivity contribution >= 4 is 10.9 Å². The van der Waals surface area contributed by atoms with Crippen LogP contribution in [-0.2, 0) is 23.7 Å². The second-order valence-corrected chi connectivity index (χ2v) is 7.34. The third kappa shape index (κ3) is 1.94. The summed E-state index contributed by atoms with van der Waals surface area (Å²) in [5, 5.41) is 1.03. The maximum atomic E-state index is 2.35. The zero-order chi connectivity index (χ0) is 10.1. The highest BCUT2D eigenvalue weighted by Gasteiger charge is 2.35. The topological polar surface area (TPSA) is 0 Å². The molecule has 1 heterocycles. The van der Waals surface area contributed by atoms with Gasteiger partial charge in [0.2, 0.25) is 0 Å². The molecule has 1 aromatic rings. The van der Waals surface area contributed by atoms with Crippen molar-refractivity contribution in [3.63, 3.8) is 0 Å². The first-order valence-electron chi connectivity index (χ1n) is 6.16. The lowest BCUT2D eigenvalue weighted by Crippen LogP contribution is -2.29. The van der Waals surface area contributed by atoms with Gasteiger partial charge in [-0.15, -0.1) is 0 Å². The first-order valence-corrected chi connectivity index (χ1v) is 7.79. The van der Waals surface area contributed by atoms with E-state index >= 15 is 0 Å². The number of hydrogen-bond donors (Lipinski definition) is 0. The van der Waals surface area contributed by atoms with Crippen LogP contribution in [0.25, 0.3) is 0 Å². The molecule has 1 heteroatoms. The van der Waals surface area contributed by atoms with Crippen molar-refractivity contribution in [3.05, 3.63) is 35.4 Å². The van der Waals surface area contributed by atoms with Crippen LogP contribution in [0.5, 0.6) is 0 Å². The number of rotatable bonds is 1. The van der Waals surface area contributed by atoms with Gasteiger partial charge in [0.25, 0.3) is 0 Å². The van der Waals surface area contributed by atoms with Gasteiger partial charge in [-0.1, -0.05) is 24.3 Å². The van der Waals surface area contributed by atoms with Crippen molar-refractivity contribution in [2.75, 3.05) is 11.5 Å². The molecule has 0 nitrogen and oxygen atoms in total. The summed E-state index contributed by atoms with van der Waals surface area (Å²) in [5.74, 6) is 3.07. The third-order valence-electron chi connectivity index (χ3n) is 3.84. The molecule has 1 aliphatic heterocycles. The number of fused-ring (bicyclic) bond motifs is 1. The summed E-state index contributed by atoms with van der Waals surface area (Å²) in [6.07, 6.45) is 7.17. The van der Waals surface area contributed by atoms with Crippen molar-refractivity contribution < 1.29 is 0 Å². The fraction of sp³-hybridized carbons (Fsp3) is 0.571. The molecule has 0 aromatic heterocycles. The van der Waals surface area contributed by atoms with Gasteiger partial charge in [0.05, 0.1) is 0 Å². The van der Waals surface area contributed by atoms with Crippen LogP contribution in [0.4, 0.5) is 0 Å². The maximum Gasteiger partial charge on any atom is 0.122 e. The minimum Gasteiger partial charge on any atom is -0.0620 e. The van der Waals surface area contributed by atoms with Crippen LogP contribution in [-0.4, -0.2) is 16.8 Å². The van der Waals surface area contributed by atoms with Gasteiger partial charge in [-0.3, -0.25) is 0 Å². The average molecular weight is 219 g/mol. The molecule has 3 rings (SSSR count). The highest BCUT2D eigenvalue weighted by atomic mass is 32.2. The van der Waals surface area contributed by atoms with E-state index in [-0.39, 0.29) is 0 Å². The van der Waals surface area contributed by atoms with Crippen molar-refractivity contribution in [3.8, 4) is 0 Å². The lowest BCUT2D eigenvalue weighted by Gasteiger charge is -2.23. The van der Waals surface area contributed by atoms with E-state index in [1.165, 1.54) is 43.6 Å². The Hall–Kier alpha value is -0.430. The van der Waals surface area contributed by atoms with Crippen LogP contribution in [0, 0.1) is 0 Å². The van der Waals surface area contributed by atoms with Gasteiger partial charge >= 0.3 is 0 Å². The second kappa shape index (κ2) is 4.21. The molecule has 0 N–H and O–H groups in total. The molecule has 15 heavy (non-hydrogen) atoms. The Morgan fingerprint density at radius 3 is 2.53 bits per heavy atom.